The van der Waals surface area contributed by atoms with Gasteiger partial charge in [0.1, 0.15) is 11.3 Å². The Balaban J connectivity index is 1.52. The van der Waals surface area contributed by atoms with Crippen molar-refractivity contribution in [2.24, 2.45) is 0 Å². The Morgan fingerprint density at radius 3 is 2.74 bits per heavy atom. The molecule has 0 saturated carbocycles. The van der Waals surface area contributed by atoms with E-state index in [4.69, 9.17) is 0 Å². The highest BCUT2D eigenvalue weighted by molar-refractivity contribution is 7.08. The van der Waals surface area contributed by atoms with Gasteiger partial charge in [0.05, 0.1) is 5.69 Å². The van der Waals surface area contributed by atoms with Crippen LogP contribution in [0.2, 0.25) is 0 Å². The molecule has 1 amide bonds. The smallest absolute Gasteiger partial charge is 0.276 e. The first-order valence-electron chi connectivity index (χ1n) is 8.27. The molecule has 0 saturated heterocycles. The number of aromatic nitrogens is 3. The van der Waals surface area contributed by atoms with Gasteiger partial charge >= 0.3 is 0 Å². The zero-order valence-electron chi connectivity index (χ0n) is 14.1. The summed E-state index contributed by atoms with van der Waals surface area (Å²) in [7, 11) is 0. The van der Waals surface area contributed by atoms with E-state index in [1.807, 2.05) is 5.38 Å². The van der Waals surface area contributed by atoms with Crippen molar-refractivity contribution in [2.45, 2.75) is 6.54 Å². The maximum atomic E-state index is 13.1. The summed E-state index contributed by atoms with van der Waals surface area (Å²) in [5.41, 5.74) is 2.15. The van der Waals surface area contributed by atoms with Crippen molar-refractivity contribution in [1.82, 2.24) is 19.5 Å². The number of hydrogen-bond donors (Lipinski definition) is 1. The van der Waals surface area contributed by atoms with Crippen molar-refractivity contribution in [2.75, 3.05) is 6.54 Å². The van der Waals surface area contributed by atoms with E-state index >= 15 is 0 Å². The zero-order valence-corrected chi connectivity index (χ0v) is 14.9. The molecule has 0 spiro atoms. The lowest BCUT2D eigenvalue weighted by atomic mass is 10.1. The lowest BCUT2D eigenvalue weighted by Gasteiger charge is -2.07. The summed E-state index contributed by atoms with van der Waals surface area (Å²) in [4.78, 5) is 24.6. The fourth-order valence-corrected chi connectivity index (χ4v) is 3.39. The molecule has 1 aromatic carbocycles. The second kappa shape index (κ2) is 7.16. The molecule has 0 radical (unpaired) electrons. The molecule has 27 heavy (non-hydrogen) atoms. The van der Waals surface area contributed by atoms with Gasteiger partial charge in [-0.15, -0.1) is 0 Å². The molecule has 0 fully saturated rings. The van der Waals surface area contributed by atoms with Crippen LogP contribution >= 0.6 is 11.3 Å². The Morgan fingerprint density at radius 1 is 1.19 bits per heavy atom. The van der Waals surface area contributed by atoms with E-state index in [0.29, 0.717) is 29.9 Å². The van der Waals surface area contributed by atoms with E-state index in [1.54, 1.807) is 42.0 Å². The molecule has 1 N–H and O–H groups in total. The number of halogens is 1. The number of thiophene rings is 1. The van der Waals surface area contributed by atoms with Gasteiger partial charge in [-0.05, 0) is 41.8 Å². The lowest BCUT2D eigenvalue weighted by molar-refractivity contribution is 0.0952. The molecule has 3 aromatic heterocycles. The largest absolute Gasteiger partial charge is 0.350 e. The number of nitrogens with zero attached hydrogens (tertiary/aromatic N) is 3. The third-order valence-corrected chi connectivity index (χ3v) is 4.85. The molecular weight excluding hydrogens is 367 g/mol. The lowest BCUT2D eigenvalue weighted by Crippen LogP contribution is -2.30. The van der Waals surface area contributed by atoms with Crippen molar-refractivity contribution in [3.05, 3.63) is 81.3 Å². The van der Waals surface area contributed by atoms with Gasteiger partial charge in [-0.3, -0.25) is 9.59 Å². The molecule has 8 heteroatoms. The molecule has 0 atom stereocenters. The average molecular weight is 382 g/mol. The third kappa shape index (κ3) is 3.52. The standard InChI is InChI=1S/C19H15FN4O2S/c20-15-3-1-13(2-4-15)16-11-17-19(26)23(8-9-24(17)22-16)7-6-21-18(25)14-5-10-27-12-14/h1-5,8-12H,6-7H2,(H,21,25). The summed E-state index contributed by atoms with van der Waals surface area (Å²) in [5.74, 6) is -0.484. The third-order valence-electron chi connectivity index (χ3n) is 4.17. The fraction of sp³-hybridized carbons (Fsp3) is 0.105. The van der Waals surface area contributed by atoms with E-state index in [-0.39, 0.29) is 17.3 Å². The molecule has 136 valence electrons. The van der Waals surface area contributed by atoms with Gasteiger partial charge in [-0.25, -0.2) is 8.91 Å². The number of benzene rings is 1. The summed E-state index contributed by atoms with van der Waals surface area (Å²) in [6.45, 7) is 0.686. The highest BCUT2D eigenvalue weighted by atomic mass is 32.1. The second-order valence-corrected chi connectivity index (χ2v) is 6.71. The minimum absolute atomic E-state index is 0.159. The van der Waals surface area contributed by atoms with Gasteiger partial charge in [0.25, 0.3) is 11.5 Å². The molecular formula is C19H15FN4O2S. The van der Waals surface area contributed by atoms with Crippen LogP contribution in [0, 0.1) is 5.82 Å². The number of amides is 1. The fourth-order valence-electron chi connectivity index (χ4n) is 2.75. The first-order chi connectivity index (χ1) is 13.1. The molecule has 4 rings (SSSR count). The van der Waals surface area contributed by atoms with Crippen molar-refractivity contribution in [3.8, 4) is 11.3 Å². The minimum Gasteiger partial charge on any atom is -0.350 e. The van der Waals surface area contributed by atoms with Crippen LogP contribution in [0.4, 0.5) is 4.39 Å². The molecule has 0 unspecified atom stereocenters. The second-order valence-electron chi connectivity index (χ2n) is 5.93. The van der Waals surface area contributed by atoms with Gasteiger partial charge in [0.2, 0.25) is 0 Å². The summed E-state index contributed by atoms with van der Waals surface area (Å²) in [5, 5.41) is 10.8. The summed E-state index contributed by atoms with van der Waals surface area (Å²) < 4.78 is 16.1. The van der Waals surface area contributed by atoms with Crippen molar-refractivity contribution >= 4 is 22.8 Å². The number of rotatable bonds is 5. The minimum atomic E-state index is -0.325. The van der Waals surface area contributed by atoms with Gasteiger partial charge in [-0.2, -0.15) is 16.4 Å². The molecule has 0 aliphatic carbocycles. The predicted octanol–water partition coefficient (Wildman–Crippen LogP) is 2.79. The molecule has 3 heterocycles. The van der Waals surface area contributed by atoms with Crippen LogP contribution in [0.25, 0.3) is 16.8 Å². The predicted molar refractivity (Wildman–Crippen MR) is 101 cm³/mol. The average Bonchev–Trinajstić information content (AvgIpc) is 3.34. The topological polar surface area (TPSA) is 68.4 Å². The Labute approximate surface area is 157 Å². The van der Waals surface area contributed by atoms with Crippen LogP contribution < -0.4 is 10.9 Å². The first kappa shape index (κ1) is 17.2. The van der Waals surface area contributed by atoms with Crippen LogP contribution in [0.1, 0.15) is 10.4 Å². The molecule has 0 bridgehead atoms. The van der Waals surface area contributed by atoms with E-state index in [1.165, 1.54) is 32.6 Å². The molecule has 0 aliphatic rings. The zero-order chi connectivity index (χ0) is 18.8. The van der Waals surface area contributed by atoms with Gasteiger partial charge in [0.15, 0.2) is 0 Å². The highest BCUT2D eigenvalue weighted by Crippen LogP contribution is 2.18. The number of hydrogen-bond acceptors (Lipinski definition) is 4. The van der Waals surface area contributed by atoms with E-state index in [2.05, 4.69) is 10.4 Å². The summed E-state index contributed by atoms with van der Waals surface area (Å²) >= 11 is 1.46. The molecule has 6 nitrogen and oxygen atoms in total. The molecule has 0 aliphatic heterocycles. The van der Waals surface area contributed by atoms with Crippen molar-refractivity contribution in [1.29, 1.82) is 0 Å². The van der Waals surface area contributed by atoms with Crippen molar-refractivity contribution < 1.29 is 9.18 Å². The maximum absolute atomic E-state index is 13.1. The van der Waals surface area contributed by atoms with Gasteiger partial charge in [-0.1, -0.05) is 0 Å². The Hall–Kier alpha value is -3.26. The highest BCUT2D eigenvalue weighted by Gasteiger charge is 2.10. The monoisotopic (exact) mass is 382 g/mol. The normalized spacial score (nSPS) is 11.0. The Kier molecular flexibility index (Phi) is 4.55. The van der Waals surface area contributed by atoms with E-state index in [0.717, 1.165) is 5.56 Å². The van der Waals surface area contributed by atoms with E-state index in [9.17, 15) is 14.0 Å². The van der Waals surface area contributed by atoms with Gasteiger partial charge in [0, 0.05) is 42.0 Å². The SMILES string of the molecule is O=C(NCCn1ccn2nc(-c3ccc(F)cc3)cc2c1=O)c1ccsc1. The van der Waals surface area contributed by atoms with Crippen LogP contribution in [-0.4, -0.2) is 26.6 Å². The van der Waals surface area contributed by atoms with Crippen molar-refractivity contribution in [3.63, 3.8) is 0 Å². The van der Waals surface area contributed by atoms with Crippen LogP contribution in [0.5, 0.6) is 0 Å². The van der Waals surface area contributed by atoms with Gasteiger partial charge < -0.3 is 9.88 Å². The summed E-state index contributed by atoms with van der Waals surface area (Å²) in [6, 6.07) is 9.38. The Morgan fingerprint density at radius 2 is 2.00 bits per heavy atom. The maximum Gasteiger partial charge on any atom is 0.276 e. The first-order valence-corrected chi connectivity index (χ1v) is 9.21. The Bertz CT molecular complexity index is 1150. The quantitative estimate of drug-likeness (QED) is 0.577. The summed E-state index contributed by atoms with van der Waals surface area (Å²) in [6.07, 6.45) is 3.32. The van der Waals surface area contributed by atoms with E-state index < -0.39 is 0 Å². The number of fused-ring (bicyclic) bond motifs is 1. The number of carbonyl (C=O) groups is 1. The number of nitrogens with one attached hydrogen (secondary N) is 1. The number of carbonyl (C=O) groups excluding carboxylic acids is 1. The van der Waals surface area contributed by atoms with Crippen LogP contribution in [0.3, 0.4) is 0 Å². The van der Waals surface area contributed by atoms with Crippen LogP contribution in [-0.2, 0) is 6.54 Å². The molecule has 4 aromatic rings. The van der Waals surface area contributed by atoms with Crippen LogP contribution in [0.15, 0.2) is 64.3 Å².